The van der Waals surface area contributed by atoms with Crippen LogP contribution < -0.4 is 0 Å². The quantitative estimate of drug-likeness (QED) is 0.311. The molecule has 51 heavy (non-hydrogen) atoms. The minimum absolute atomic E-state index is 0.797. The highest BCUT2D eigenvalue weighted by molar-refractivity contribution is 7.80. The Hall–Kier alpha value is 0.350. The molecule has 0 N–H and O–H groups in total. The number of hydrogen-bond donors (Lipinski definition) is 1. The maximum absolute atomic E-state index is 5.64. The molecule has 0 nitrogen and oxygen atoms in total. The zero-order valence-corrected chi connectivity index (χ0v) is 30.0. The van der Waals surface area contributed by atoms with E-state index in [1.54, 1.807) is 0 Å². The predicted molar refractivity (Wildman–Crippen MR) is 171 cm³/mol. The highest BCUT2D eigenvalue weighted by atomic mass is 32.1. The summed E-state index contributed by atoms with van der Waals surface area (Å²) in [6.07, 6.45) is 18.5. The van der Waals surface area contributed by atoms with Gasteiger partial charge in [0.2, 0.25) is 0 Å². The Kier molecular flexibility index (Phi) is 1.12. The molecule has 32 aliphatic carbocycles. The van der Waals surface area contributed by atoms with Gasteiger partial charge in [0.05, 0.1) is 0 Å². The van der Waals surface area contributed by atoms with Gasteiger partial charge in [-0.05, 0) is 282 Å². The molecule has 0 radical (unpaired) electrons. The Balaban J connectivity index is 0.931. The summed E-state index contributed by atoms with van der Waals surface area (Å²) >= 11 is 5.64. The van der Waals surface area contributed by atoms with Crippen molar-refractivity contribution < 1.29 is 0 Å². The zero-order chi connectivity index (χ0) is 29.7. The van der Waals surface area contributed by atoms with Gasteiger partial charge in [-0.3, -0.25) is 0 Å². The molecule has 38 unspecified atom stereocenters. The van der Waals surface area contributed by atoms with Crippen LogP contribution in [-0.2, 0) is 0 Å². The van der Waals surface area contributed by atoms with Gasteiger partial charge in [0, 0.05) is 0 Å². The van der Waals surface area contributed by atoms with Crippen LogP contribution in [0.3, 0.4) is 0 Å². The van der Waals surface area contributed by atoms with Crippen LogP contribution in [0.5, 0.6) is 0 Å². The zero-order valence-electron chi connectivity index (χ0n) is 29.2. The molecule has 0 aromatic carbocycles. The Morgan fingerprint density at radius 1 is 0.451 bits per heavy atom. The van der Waals surface area contributed by atoms with Crippen molar-refractivity contribution in [2.24, 2.45) is 212 Å². The van der Waals surface area contributed by atoms with Gasteiger partial charge in [0.15, 0.2) is 0 Å². The lowest BCUT2D eigenvalue weighted by atomic mass is 8.41. The van der Waals surface area contributed by atoms with E-state index >= 15 is 0 Å². The molecular formula is C50H38S. The number of fused-ring (bicyclic) bond motifs is 3. The Morgan fingerprint density at radius 2 is 1.18 bits per heavy atom. The number of rotatable bonds is 1. The summed E-state index contributed by atoms with van der Waals surface area (Å²) in [4.78, 5) is 0. The van der Waals surface area contributed by atoms with E-state index in [-0.39, 0.29) is 0 Å². The second kappa shape index (κ2) is 2.97. The lowest BCUT2D eigenvalue weighted by Crippen LogP contribution is -3.60. The van der Waals surface area contributed by atoms with E-state index in [1.165, 1.54) is 76.8 Å². The molecule has 0 heterocycles. The Bertz CT molecular complexity index is 3120. The van der Waals surface area contributed by atoms with E-state index in [1.807, 2.05) is 64.2 Å². The molecule has 0 bridgehead atoms. The molecule has 1 heteroatoms. The fourth-order valence-electron chi connectivity index (χ4n) is 52.3. The number of thiol groups is 1. The van der Waals surface area contributed by atoms with Crippen LogP contribution in [-0.4, -0.2) is 5.75 Å². The Morgan fingerprint density at radius 3 is 2.06 bits per heavy atom. The molecule has 24 spiro atoms. The minimum Gasteiger partial charge on any atom is -0.179 e. The lowest BCUT2D eigenvalue weighted by Gasteiger charge is -3.60. The molecule has 32 saturated carbocycles. The van der Waals surface area contributed by atoms with Crippen molar-refractivity contribution >= 4 is 12.6 Å². The van der Waals surface area contributed by atoms with E-state index in [9.17, 15) is 0 Å². The molecule has 0 aliphatic heterocycles. The first-order valence-corrected chi connectivity index (χ1v) is 25.3. The summed E-state index contributed by atoms with van der Waals surface area (Å²) < 4.78 is 0. The van der Waals surface area contributed by atoms with Gasteiger partial charge >= 0.3 is 0 Å². The van der Waals surface area contributed by atoms with Crippen molar-refractivity contribution in [3.8, 4) is 0 Å². The van der Waals surface area contributed by atoms with Crippen molar-refractivity contribution in [2.75, 3.05) is 5.75 Å². The molecular weight excluding hydrogens is 633 g/mol. The SMILES string of the molecule is CC12C34CC5CC6CC7C89CC%10CC%11CC%12CC%13%14CC%15C%16CC%17C%18(CS)C%19C%18%20CC%18C3C13C%18%20C1%18C%17%19C%16%17C%15%13C%13%15C%12%14C%11%12C%108C8%10C79C67C54C24C31C(C%17%18%13)(C748)C%12%15%10. The topological polar surface area (TPSA) is 0 Å². The smallest absolute Gasteiger partial charge is 0.0000523 e. The van der Waals surface area contributed by atoms with Crippen molar-refractivity contribution in [2.45, 2.75) is 71.1 Å². The third-order valence-corrected chi connectivity index (χ3v) is 41.8. The van der Waals surface area contributed by atoms with E-state index < -0.39 is 0 Å². The van der Waals surface area contributed by atoms with Crippen molar-refractivity contribution in [3.63, 3.8) is 0 Å². The van der Waals surface area contributed by atoms with E-state index in [0.29, 0.717) is 0 Å². The first-order valence-electron chi connectivity index (χ1n) is 24.6. The normalized spacial score (nSPS) is 128. The summed E-state index contributed by atoms with van der Waals surface area (Å²) in [6, 6.07) is 0. The molecule has 32 rings (SSSR count). The van der Waals surface area contributed by atoms with Crippen LogP contribution in [0.25, 0.3) is 0 Å². The van der Waals surface area contributed by atoms with Crippen molar-refractivity contribution in [3.05, 3.63) is 0 Å². The van der Waals surface area contributed by atoms with Crippen molar-refractivity contribution in [1.82, 2.24) is 0 Å². The molecule has 0 aromatic rings. The van der Waals surface area contributed by atoms with Crippen LogP contribution in [0.15, 0.2) is 0 Å². The molecule has 0 amide bonds. The van der Waals surface area contributed by atoms with Crippen LogP contribution >= 0.6 is 12.6 Å². The third-order valence-electron chi connectivity index (χ3n) is 41.3. The van der Waals surface area contributed by atoms with Gasteiger partial charge in [-0.15, -0.1) is 0 Å². The summed E-state index contributed by atoms with van der Waals surface area (Å²) in [5.74, 6) is 16.9. The van der Waals surface area contributed by atoms with Gasteiger partial charge in [-0.1, -0.05) is 6.92 Å². The average molecular weight is 671 g/mol. The average Bonchev–Trinajstić information content (AvgIpc) is 3.41. The second-order valence-corrected chi connectivity index (χ2v) is 31.9. The first-order chi connectivity index (χ1) is 25.0. The lowest BCUT2D eigenvalue weighted by molar-refractivity contribution is -1.16. The molecule has 0 aromatic heterocycles. The maximum Gasteiger partial charge on any atom is -0.0000523 e. The highest BCUT2D eigenvalue weighted by Gasteiger charge is 3.69. The molecule has 38 atom stereocenters. The molecule has 244 valence electrons. The number of hydrogen-bond acceptors (Lipinski definition) is 1. The summed E-state index contributed by atoms with van der Waals surface area (Å²) in [6.45, 7) is 3.30. The Labute approximate surface area is 300 Å². The standard InChI is InChI=1S/C50H38S/c1-25-29-9-17-4-14-5-22-28-8-16-3-13-2-15-7-26-10-19-18-6-21-27(12-51)24-30(27)11-20-23(29)41(25)38(20,30)43-31(21,24)39(18)37(19,26)44-32(15,26)35(13)33(16,28)45-40(22,28)36(14)34(17,29)42(25)46(36,45)50(47(35,44)45,48(39,43)44)49(41,42)43/h13-24,51H,2-12H2,1H3. The molecule has 0 saturated heterocycles. The highest BCUT2D eigenvalue weighted by Crippen LogP contribution is 3.70. The maximum atomic E-state index is 5.64. The van der Waals surface area contributed by atoms with Gasteiger partial charge in [0.1, 0.15) is 0 Å². The van der Waals surface area contributed by atoms with E-state index in [4.69, 9.17) is 12.6 Å². The summed E-state index contributed by atoms with van der Waals surface area (Å²) in [7, 11) is 0. The first kappa shape index (κ1) is 19.2. The van der Waals surface area contributed by atoms with Crippen LogP contribution in [0.4, 0.5) is 0 Å². The molecule has 32 fully saturated rings. The molecule has 32 aliphatic rings. The van der Waals surface area contributed by atoms with E-state index in [0.717, 1.165) is 141 Å². The van der Waals surface area contributed by atoms with E-state index in [2.05, 4.69) is 6.92 Å². The van der Waals surface area contributed by atoms with Gasteiger partial charge in [-0.2, -0.15) is 12.6 Å². The van der Waals surface area contributed by atoms with Crippen LogP contribution in [0.2, 0.25) is 0 Å². The monoisotopic (exact) mass is 670 g/mol. The van der Waals surface area contributed by atoms with Gasteiger partial charge in [0.25, 0.3) is 0 Å². The third kappa shape index (κ3) is 0.445. The fraction of sp³-hybridized carbons (Fsp3) is 1.00. The van der Waals surface area contributed by atoms with Gasteiger partial charge in [-0.25, -0.2) is 0 Å². The fourth-order valence-corrected chi connectivity index (χ4v) is 53.0. The minimum atomic E-state index is 0.797. The second-order valence-electron chi connectivity index (χ2n) is 31.5. The van der Waals surface area contributed by atoms with Crippen molar-refractivity contribution in [1.29, 1.82) is 0 Å². The summed E-state index contributed by atoms with van der Waals surface area (Å²) in [5.41, 5.74) is 25.9. The summed E-state index contributed by atoms with van der Waals surface area (Å²) in [5, 5.41) is 0. The van der Waals surface area contributed by atoms with Gasteiger partial charge < -0.3 is 0 Å². The van der Waals surface area contributed by atoms with Crippen LogP contribution in [0, 0.1) is 212 Å². The van der Waals surface area contributed by atoms with Crippen LogP contribution in [0.1, 0.15) is 71.1 Å². The largest absolute Gasteiger partial charge is 0.179 e. The predicted octanol–water partition coefficient (Wildman–Crippen LogP) is 6.31.